The Hall–Kier alpha value is -0.920. The van der Waals surface area contributed by atoms with E-state index in [-0.39, 0.29) is 0 Å². The average Bonchev–Trinajstić information content (AvgIpc) is 2.05. The minimum absolute atomic E-state index is 0.935. The molecule has 0 saturated carbocycles. The van der Waals surface area contributed by atoms with Crippen molar-refractivity contribution in [3.05, 3.63) is 24.3 Å². The number of hydrogen-bond donors (Lipinski definition) is 0. The molecule has 0 N–H and O–H groups in total. The molecule has 10 heavy (non-hydrogen) atoms. The summed E-state index contributed by atoms with van der Waals surface area (Å²) in [5.41, 5.74) is 1.12. The van der Waals surface area contributed by atoms with Gasteiger partial charge in [0.15, 0.2) is 6.26 Å². The standard InChI is InChI=1S/C8H12NO/c1-3-9(2)8-5-4-6-10-7-8/h4,6H,3,5H2,1-2H3. The first kappa shape index (κ1) is 7.19. The Morgan fingerprint density at radius 3 is 3.10 bits per heavy atom. The predicted octanol–water partition coefficient (Wildman–Crippen LogP) is 1.52. The van der Waals surface area contributed by atoms with Crippen LogP contribution in [0.3, 0.4) is 0 Å². The van der Waals surface area contributed by atoms with Crippen LogP contribution in [0.15, 0.2) is 18.0 Å². The van der Waals surface area contributed by atoms with Crippen LogP contribution in [0, 0.1) is 6.26 Å². The van der Waals surface area contributed by atoms with Crippen molar-refractivity contribution in [2.45, 2.75) is 13.3 Å². The Balaban J connectivity index is 2.47. The summed E-state index contributed by atoms with van der Waals surface area (Å²) in [6.45, 7) is 3.10. The third kappa shape index (κ3) is 1.53. The zero-order valence-electron chi connectivity index (χ0n) is 6.42. The highest BCUT2D eigenvalue weighted by molar-refractivity contribution is 5.02. The molecule has 0 bridgehead atoms. The van der Waals surface area contributed by atoms with E-state index in [2.05, 4.69) is 18.1 Å². The molecule has 55 valence electrons. The molecule has 1 heterocycles. The van der Waals surface area contributed by atoms with Gasteiger partial charge in [0, 0.05) is 20.0 Å². The molecule has 0 aromatic heterocycles. The zero-order valence-corrected chi connectivity index (χ0v) is 6.42. The van der Waals surface area contributed by atoms with Crippen LogP contribution in [0.1, 0.15) is 13.3 Å². The molecule has 0 saturated heterocycles. The molecular formula is C8H12NO. The summed E-state index contributed by atoms with van der Waals surface area (Å²) in [5, 5.41) is 0. The van der Waals surface area contributed by atoms with Gasteiger partial charge in [-0.25, -0.2) is 0 Å². The predicted molar refractivity (Wildman–Crippen MR) is 39.9 cm³/mol. The van der Waals surface area contributed by atoms with Crippen molar-refractivity contribution in [1.29, 1.82) is 0 Å². The SMILES string of the molecule is CCN(C)C1=[C]OC=CC1. The number of nitrogens with zero attached hydrogens (tertiary/aromatic N) is 1. The third-order valence-electron chi connectivity index (χ3n) is 1.59. The molecule has 0 spiro atoms. The fourth-order valence-corrected chi connectivity index (χ4v) is 0.776. The van der Waals surface area contributed by atoms with E-state index < -0.39 is 0 Å². The van der Waals surface area contributed by atoms with Gasteiger partial charge in [0.25, 0.3) is 0 Å². The molecule has 0 amide bonds. The molecule has 0 aliphatic carbocycles. The molecule has 1 aliphatic rings. The third-order valence-corrected chi connectivity index (χ3v) is 1.59. The quantitative estimate of drug-likeness (QED) is 0.573. The number of allylic oxidation sites excluding steroid dienone is 1. The molecule has 0 aromatic rings. The molecule has 0 atom stereocenters. The van der Waals surface area contributed by atoms with Gasteiger partial charge in [0.1, 0.15) is 0 Å². The lowest BCUT2D eigenvalue weighted by Gasteiger charge is -2.19. The summed E-state index contributed by atoms with van der Waals surface area (Å²) < 4.78 is 4.90. The van der Waals surface area contributed by atoms with Crippen LogP contribution in [-0.2, 0) is 4.74 Å². The summed E-state index contributed by atoms with van der Waals surface area (Å²) in [6, 6.07) is 0. The van der Waals surface area contributed by atoms with Crippen LogP contribution in [0.25, 0.3) is 0 Å². The Labute approximate surface area is 61.8 Å². The topological polar surface area (TPSA) is 12.5 Å². The van der Waals surface area contributed by atoms with E-state index in [1.165, 1.54) is 0 Å². The average molecular weight is 138 g/mol. The number of hydrogen-bond acceptors (Lipinski definition) is 2. The van der Waals surface area contributed by atoms with E-state index in [0.717, 1.165) is 18.7 Å². The summed E-state index contributed by atoms with van der Waals surface area (Å²) in [7, 11) is 2.03. The molecule has 1 aliphatic heterocycles. The maximum atomic E-state index is 4.90. The van der Waals surface area contributed by atoms with E-state index in [0.29, 0.717) is 0 Å². The Kier molecular flexibility index (Phi) is 2.37. The van der Waals surface area contributed by atoms with Crippen molar-refractivity contribution >= 4 is 0 Å². The molecule has 2 nitrogen and oxygen atoms in total. The normalized spacial score (nSPS) is 16.0. The fourth-order valence-electron chi connectivity index (χ4n) is 0.776. The first-order valence-corrected chi connectivity index (χ1v) is 3.48. The van der Waals surface area contributed by atoms with Crippen LogP contribution in [0.4, 0.5) is 0 Å². The van der Waals surface area contributed by atoms with Gasteiger partial charge in [-0.1, -0.05) is 0 Å². The lowest BCUT2D eigenvalue weighted by molar-refractivity contribution is 0.318. The van der Waals surface area contributed by atoms with Crippen LogP contribution in [-0.4, -0.2) is 18.5 Å². The largest absolute Gasteiger partial charge is 0.459 e. The highest BCUT2D eigenvalue weighted by Gasteiger charge is 2.03. The first-order chi connectivity index (χ1) is 4.84. The minimum Gasteiger partial charge on any atom is -0.459 e. The van der Waals surface area contributed by atoms with Crippen molar-refractivity contribution in [1.82, 2.24) is 4.90 Å². The van der Waals surface area contributed by atoms with Gasteiger partial charge in [-0.05, 0) is 13.0 Å². The summed E-state index contributed by atoms with van der Waals surface area (Å²) in [5.74, 6) is 0. The van der Waals surface area contributed by atoms with Crippen molar-refractivity contribution in [2.75, 3.05) is 13.6 Å². The molecule has 0 unspecified atom stereocenters. The number of ether oxygens (including phenoxy) is 1. The fraction of sp³-hybridized carbons (Fsp3) is 0.500. The van der Waals surface area contributed by atoms with E-state index in [9.17, 15) is 0 Å². The highest BCUT2D eigenvalue weighted by atomic mass is 16.5. The van der Waals surface area contributed by atoms with E-state index in [4.69, 9.17) is 4.74 Å². The van der Waals surface area contributed by atoms with Gasteiger partial charge < -0.3 is 9.64 Å². The van der Waals surface area contributed by atoms with Gasteiger partial charge >= 0.3 is 0 Å². The minimum atomic E-state index is 0.935. The van der Waals surface area contributed by atoms with Gasteiger partial charge in [0.2, 0.25) is 0 Å². The zero-order chi connectivity index (χ0) is 7.40. The van der Waals surface area contributed by atoms with E-state index >= 15 is 0 Å². The lowest BCUT2D eigenvalue weighted by atomic mass is 10.3. The van der Waals surface area contributed by atoms with Crippen molar-refractivity contribution in [3.8, 4) is 0 Å². The second kappa shape index (κ2) is 3.30. The smallest absolute Gasteiger partial charge is 0.190 e. The molecule has 1 radical (unpaired) electrons. The van der Waals surface area contributed by atoms with Crippen molar-refractivity contribution in [3.63, 3.8) is 0 Å². The summed E-state index contributed by atoms with van der Waals surface area (Å²) >= 11 is 0. The molecule has 0 fully saturated rings. The summed E-state index contributed by atoms with van der Waals surface area (Å²) in [4.78, 5) is 2.11. The maximum absolute atomic E-state index is 4.90. The van der Waals surface area contributed by atoms with E-state index in [1.807, 2.05) is 13.1 Å². The Morgan fingerprint density at radius 2 is 2.60 bits per heavy atom. The van der Waals surface area contributed by atoms with Crippen molar-refractivity contribution < 1.29 is 4.74 Å². The second-order valence-electron chi connectivity index (χ2n) is 2.26. The Bertz CT molecular complexity index is 161. The second-order valence-corrected chi connectivity index (χ2v) is 2.26. The van der Waals surface area contributed by atoms with Crippen LogP contribution >= 0.6 is 0 Å². The molecule has 2 heteroatoms. The van der Waals surface area contributed by atoms with Crippen LogP contribution in [0.5, 0.6) is 0 Å². The lowest BCUT2D eigenvalue weighted by Crippen LogP contribution is -2.17. The van der Waals surface area contributed by atoms with Gasteiger partial charge in [-0.3, -0.25) is 0 Å². The van der Waals surface area contributed by atoms with Gasteiger partial charge in [-0.2, -0.15) is 0 Å². The van der Waals surface area contributed by atoms with Gasteiger partial charge in [-0.15, -0.1) is 0 Å². The molecule has 1 rings (SSSR count). The number of rotatable bonds is 2. The van der Waals surface area contributed by atoms with Gasteiger partial charge in [0.05, 0.1) is 12.0 Å². The monoisotopic (exact) mass is 138 g/mol. The maximum Gasteiger partial charge on any atom is 0.190 e. The van der Waals surface area contributed by atoms with Crippen molar-refractivity contribution in [2.24, 2.45) is 0 Å². The first-order valence-electron chi connectivity index (χ1n) is 3.48. The Morgan fingerprint density at radius 1 is 1.80 bits per heavy atom. The molecular weight excluding hydrogens is 126 g/mol. The van der Waals surface area contributed by atoms with Crippen LogP contribution < -0.4 is 0 Å². The molecule has 0 aromatic carbocycles. The van der Waals surface area contributed by atoms with Crippen LogP contribution in [0.2, 0.25) is 0 Å². The van der Waals surface area contributed by atoms with E-state index in [1.54, 1.807) is 6.26 Å². The summed E-state index contributed by atoms with van der Waals surface area (Å²) in [6.07, 6.45) is 7.40. The highest BCUT2D eigenvalue weighted by Crippen LogP contribution is 2.10.